The molecule has 8 nitrogen and oxygen atoms in total. The summed E-state index contributed by atoms with van der Waals surface area (Å²) in [5.74, 6) is 2.01. The third kappa shape index (κ3) is 4.87. The fourth-order valence-corrected chi connectivity index (χ4v) is 3.66. The number of anilines is 2. The predicted octanol–water partition coefficient (Wildman–Crippen LogP) is 2.00. The van der Waals surface area contributed by atoms with E-state index in [0.717, 1.165) is 37.0 Å². The van der Waals surface area contributed by atoms with Crippen LogP contribution in [-0.4, -0.2) is 78.2 Å². The van der Waals surface area contributed by atoms with Gasteiger partial charge in [0.1, 0.15) is 23.2 Å². The van der Waals surface area contributed by atoms with Crippen molar-refractivity contribution < 1.29 is 22.7 Å². The molecule has 0 bridgehead atoms. The molecule has 2 fully saturated rings. The minimum absolute atomic E-state index is 0.147. The van der Waals surface area contributed by atoms with Crippen molar-refractivity contribution in [2.75, 3.05) is 62.3 Å². The third-order valence-corrected chi connectivity index (χ3v) is 5.34. The number of aromatic nitrogens is 3. The summed E-state index contributed by atoms with van der Waals surface area (Å²) in [5, 5.41) is 0. The number of piperazine rings is 1. The second kappa shape index (κ2) is 8.66. The Morgan fingerprint density at radius 1 is 0.968 bits per heavy atom. The number of carbonyl (C=O) groups is 1. The van der Waals surface area contributed by atoms with Gasteiger partial charge in [-0.15, -0.1) is 0 Å². The molecule has 0 N–H and O–H groups in total. The van der Waals surface area contributed by atoms with E-state index in [2.05, 4.69) is 24.8 Å². The number of alkyl halides is 3. The smallest absolute Gasteiger partial charge is 0.378 e. The van der Waals surface area contributed by atoms with Crippen molar-refractivity contribution in [1.29, 1.82) is 0 Å². The van der Waals surface area contributed by atoms with Crippen LogP contribution in [0, 0.1) is 6.92 Å². The van der Waals surface area contributed by atoms with Gasteiger partial charge in [0.15, 0.2) is 0 Å². The lowest BCUT2D eigenvalue weighted by Gasteiger charge is -2.36. The van der Waals surface area contributed by atoms with Gasteiger partial charge in [0, 0.05) is 51.5 Å². The van der Waals surface area contributed by atoms with Crippen LogP contribution in [0.1, 0.15) is 21.9 Å². The maximum absolute atomic E-state index is 12.7. The molecule has 4 rings (SSSR count). The number of aryl methyl sites for hydroxylation is 1. The van der Waals surface area contributed by atoms with Crippen LogP contribution in [0.4, 0.5) is 24.8 Å². The van der Waals surface area contributed by atoms with Crippen molar-refractivity contribution in [3.63, 3.8) is 0 Å². The molecule has 4 heterocycles. The molecule has 0 aromatic carbocycles. The Bertz CT molecular complexity index is 924. The number of pyridine rings is 1. The summed E-state index contributed by atoms with van der Waals surface area (Å²) < 4.78 is 43.4. The molecule has 2 aliphatic heterocycles. The number of carbonyl (C=O) groups excluding carboxylic acids is 1. The number of amides is 1. The number of morpholine rings is 1. The molecule has 0 saturated carbocycles. The van der Waals surface area contributed by atoms with Crippen molar-refractivity contribution in [2.24, 2.45) is 0 Å². The zero-order valence-corrected chi connectivity index (χ0v) is 17.1. The average Bonchev–Trinajstić information content (AvgIpc) is 2.78. The molecule has 2 saturated heterocycles. The number of ether oxygens (including phenoxy) is 1. The summed E-state index contributed by atoms with van der Waals surface area (Å²) in [6.45, 7) is 6.75. The van der Waals surface area contributed by atoms with Crippen LogP contribution < -0.4 is 9.80 Å². The summed E-state index contributed by atoms with van der Waals surface area (Å²) in [6, 6.07) is 3.96. The molecule has 2 aliphatic rings. The number of hydrogen-bond acceptors (Lipinski definition) is 7. The SMILES string of the molecule is Cc1nc(N2CCOCC2)cc(N2CCN(C(=O)c3ccc(C(F)(F)F)nc3)CC2)n1. The molecule has 0 spiro atoms. The minimum atomic E-state index is -4.52. The lowest BCUT2D eigenvalue weighted by molar-refractivity contribution is -0.141. The van der Waals surface area contributed by atoms with Crippen molar-refractivity contribution in [3.8, 4) is 0 Å². The zero-order valence-electron chi connectivity index (χ0n) is 17.1. The van der Waals surface area contributed by atoms with Crippen LogP contribution >= 0.6 is 0 Å². The first kappa shape index (κ1) is 21.3. The van der Waals surface area contributed by atoms with Gasteiger partial charge >= 0.3 is 6.18 Å². The molecule has 0 aliphatic carbocycles. The van der Waals surface area contributed by atoms with E-state index >= 15 is 0 Å². The molecule has 0 unspecified atom stereocenters. The van der Waals surface area contributed by atoms with Gasteiger partial charge < -0.3 is 19.4 Å². The molecule has 0 radical (unpaired) electrons. The minimum Gasteiger partial charge on any atom is -0.378 e. The van der Waals surface area contributed by atoms with E-state index in [4.69, 9.17) is 4.74 Å². The third-order valence-electron chi connectivity index (χ3n) is 5.34. The van der Waals surface area contributed by atoms with E-state index in [9.17, 15) is 18.0 Å². The van der Waals surface area contributed by atoms with E-state index in [0.29, 0.717) is 45.2 Å². The van der Waals surface area contributed by atoms with Gasteiger partial charge in [-0.1, -0.05) is 0 Å². The van der Waals surface area contributed by atoms with Gasteiger partial charge in [-0.25, -0.2) is 9.97 Å². The van der Waals surface area contributed by atoms with Crippen LogP contribution in [-0.2, 0) is 10.9 Å². The number of rotatable bonds is 3. The first-order chi connectivity index (χ1) is 14.8. The number of nitrogens with zero attached hydrogens (tertiary/aromatic N) is 6. The van der Waals surface area contributed by atoms with Gasteiger partial charge in [-0.05, 0) is 19.1 Å². The largest absolute Gasteiger partial charge is 0.433 e. The van der Waals surface area contributed by atoms with Gasteiger partial charge in [0.05, 0.1) is 18.8 Å². The molecule has 2 aromatic rings. The zero-order chi connectivity index (χ0) is 22.0. The molecule has 11 heteroatoms. The van der Waals surface area contributed by atoms with E-state index in [1.807, 2.05) is 13.0 Å². The lowest BCUT2D eigenvalue weighted by Crippen LogP contribution is -2.49. The second-order valence-electron chi connectivity index (χ2n) is 7.44. The van der Waals surface area contributed by atoms with Crippen molar-refractivity contribution in [1.82, 2.24) is 19.9 Å². The maximum Gasteiger partial charge on any atom is 0.433 e. The summed E-state index contributed by atoms with van der Waals surface area (Å²) in [5.41, 5.74) is -0.863. The second-order valence-corrected chi connectivity index (χ2v) is 7.44. The molecule has 1 amide bonds. The van der Waals surface area contributed by atoms with Crippen LogP contribution in [0.3, 0.4) is 0 Å². The number of hydrogen-bond donors (Lipinski definition) is 0. The Labute approximate surface area is 177 Å². The fourth-order valence-electron chi connectivity index (χ4n) is 3.66. The number of halogens is 3. The van der Waals surface area contributed by atoms with Crippen molar-refractivity contribution in [2.45, 2.75) is 13.1 Å². The van der Waals surface area contributed by atoms with E-state index in [1.54, 1.807) is 4.90 Å². The highest BCUT2D eigenvalue weighted by Crippen LogP contribution is 2.27. The predicted molar refractivity (Wildman–Crippen MR) is 107 cm³/mol. The van der Waals surface area contributed by atoms with Gasteiger partial charge in [0.2, 0.25) is 0 Å². The Morgan fingerprint density at radius 3 is 2.13 bits per heavy atom. The van der Waals surface area contributed by atoms with Crippen LogP contribution in [0.25, 0.3) is 0 Å². The molecule has 31 heavy (non-hydrogen) atoms. The highest BCUT2D eigenvalue weighted by molar-refractivity contribution is 5.94. The van der Waals surface area contributed by atoms with Crippen LogP contribution in [0.5, 0.6) is 0 Å². The Kier molecular flexibility index (Phi) is 5.94. The lowest BCUT2D eigenvalue weighted by atomic mass is 10.2. The topological polar surface area (TPSA) is 74.7 Å². The summed E-state index contributed by atoms with van der Waals surface area (Å²) in [4.78, 5) is 31.0. The monoisotopic (exact) mass is 436 g/mol. The van der Waals surface area contributed by atoms with Crippen LogP contribution in [0.15, 0.2) is 24.4 Å². The average molecular weight is 436 g/mol. The van der Waals surface area contributed by atoms with Gasteiger partial charge in [0.25, 0.3) is 5.91 Å². The van der Waals surface area contributed by atoms with Crippen LogP contribution in [0.2, 0.25) is 0 Å². The van der Waals surface area contributed by atoms with Crippen molar-refractivity contribution in [3.05, 3.63) is 41.5 Å². The highest BCUT2D eigenvalue weighted by atomic mass is 19.4. The normalized spacial score (nSPS) is 17.7. The van der Waals surface area contributed by atoms with E-state index in [1.165, 1.54) is 6.07 Å². The Morgan fingerprint density at radius 2 is 1.58 bits per heavy atom. The summed E-state index contributed by atoms with van der Waals surface area (Å²) in [7, 11) is 0. The molecular formula is C20H23F3N6O2. The molecular weight excluding hydrogens is 413 g/mol. The van der Waals surface area contributed by atoms with E-state index < -0.39 is 11.9 Å². The van der Waals surface area contributed by atoms with Gasteiger partial charge in [-0.3, -0.25) is 9.78 Å². The fraction of sp³-hybridized carbons (Fsp3) is 0.500. The first-order valence-electron chi connectivity index (χ1n) is 10.1. The quantitative estimate of drug-likeness (QED) is 0.729. The Balaban J connectivity index is 1.40. The van der Waals surface area contributed by atoms with Gasteiger partial charge in [-0.2, -0.15) is 13.2 Å². The maximum atomic E-state index is 12.7. The summed E-state index contributed by atoms with van der Waals surface area (Å²) in [6.07, 6.45) is -3.54. The highest BCUT2D eigenvalue weighted by Gasteiger charge is 2.32. The summed E-state index contributed by atoms with van der Waals surface area (Å²) >= 11 is 0. The standard InChI is InChI=1S/C20H23F3N6O2/c1-14-25-17(12-18(26-14)28-8-10-31-11-9-28)27-4-6-29(7-5-27)19(30)15-2-3-16(24-13-15)20(21,22)23/h2-3,12-13H,4-11H2,1H3. The first-order valence-corrected chi connectivity index (χ1v) is 10.1. The molecule has 2 aromatic heterocycles. The Hall–Kier alpha value is -2.95. The van der Waals surface area contributed by atoms with Crippen molar-refractivity contribution >= 4 is 17.5 Å². The van der Waals surface area contributed by atoms with E-state index in [-0.39, 0.29) is 11.5 Å². The molecule has 166 valence electrons. The molecule has 0 atom stereocenters.